The van der Waals surface area contributed by atoms with Crippen molar-refractivity contribution in [1.29, 1.82) is 0 Å². The van der Waals surface area contributed by atoms with Crippen molar-refractivity contribution in [1.82, 2.24) is 15.3 Å². The van der Waals surface area contributed by atoms with E-state index in [9.17, 15) is 4.79 Å². The van der Waals surface area contributed by atoms with Crippen molar-refractivity contribution >= 4 is 23.5 Å². The Morgan fingerprint density at radius 1 is 1.23 bits per heavy atom. The van der Waals surface area contributed by atoms with Crippen molar-refractivity contribution in [3.05, 3.63) is 47.2 Å². The number of thioether (sulfide) groups is 1. The van der Waals surface area contributed by atoms with E-state index in [0.29, 0.717) is 17.9 Å². The van der Waals surface area contributed by atoms with Gasteiger partial charge in [0.15, 0.2) is 5.16 Å². The normalized spacial score (nSPS) is 19.1. The summed E-state index contributed by atoms with van der Waals surface area (Å²) in [5.74, 6) is 1.60. The van der Waals surface area contributed by atoms with E-state index in [1.54, 1.807) is 11.8 Å². The number of rotatable bonds is 7. The minimum Gasteiger partial charge on any atom is -0.378 e. The van der Waals surface area contributed by atoms with Gasteiger partial charge >= 0.3 is 0 Å². The Morgan fingerprint density at radius 3 is 2.90 bits per heavy atom. The second-order valence-corrected chi connectivity index (χ2v) is 8.53. The van der Waals surface area contributed by atoms with Crippen LogP contribution in [0.1, 0.15) is 34.5 Å². The quantitative estimate of drug-likeness (QED) is 0.537. The zero-order valence-electron chi connectivity index (χ0n) is 17.3. The minimum atomic E-state index is -0.0567. The Bertz CT molecular complexity index is 867. The molecular formula is C22H28N4O3S. The van der Waals surface area contributed by atoms with Gasteiger partial charge in [-0.25, -0.2) is 9.97 Å². The number of hydrogen-bond donors (Lipinski definition) is 1. The van der Waals surface area contributed by atoms with E-state index in [-0.39, 0.29) is 12.0 Å². The number of aromatic nitrogens is 2. The third-order valence-corrected chi connectivity index (χ3v) is 6.15. The fourth-order valence-corrected chi connectivity index (χ4v) is 4.45. The molecule has 1 aromatic carbocycles. The van der Waals surface area contributed by atoms with Crippen LogP contribution in [-0.2, 0) is 15.2 Å². The van der Waals surface area contributed by atoms with Gasteiger partial charge in [-0.3, -0.25) is 4.79 Å². The van der Waals surface area contributed by atoms with Crippen LogP contribution in [0.15, 0.2) is 35.5 Å². The summed E-state index contributed by atoms with van der Waals surface area (Å²) in [4.78, 5) is 24.0. The van der Waals surface area contributed by atoms with Crippen LogP contribution in [0.2, 0.25) is 0 Å². The number of benzene rings is 1. The largest absolute Gasteiger partial charge is 0.378 e. The number of nitrogens with zero attached hydrogens (tertiary/aromatic N) is 3. The average Bonchev–Trinajstić information content (AvgIpc) is 3.30. The van der Waals surface area contributed by atoms with E-state index in [2.05, 4.69) is 15.2 Å². The summed E-state index contributed by atoms with van der Waals surface area (Å²) in [5.41, 5.74) is 2.70. The highest BCUT2D eigenvalue weighted by Crippen LogP contribution is 2.24. The lowest BCUT2D eigenvalue weighted by atomic mass is 10.1. The molecule has 7 nitrogen and oxygen atoms in total. The van der Waals surface area contributed by atoms with Gasteiger partial charge in [-0.05, 0) is 37.5 Å². The summed E-state index contributed by atoms with van der Waals surface area (Å²) >= 11 is 1.59. The van der Waals surface area contributed by atoms with Gasteiger partial charge in [0.2, 0.25) is 0 Å². The number of carbonyl (C=O) groups excluding carboxylic acids is 1. The van der Waals surface area contributed by atoms with E-state index < -0.39 is 0 Å². The zero-order valence-corrected chi connectivity index (χ0v) is 18.1. The molecule has 2 saturated heterocycles. The molecule has 30 heavy (non-hydrogen) atoms. The van der Waals surface area contributed by atoms with Gasteiger partial charge < -0.3 is 19.7 Å². The molecule has 0 bridgehead atoms. The van der Waals surface area contributed by atoms with E-state index in [1.165, 1.54) is 0 Å². The Morgan fingerprint density at radius 2 is 2.10 bits per heavy atom. The maximum Gasteiger partial charge on any atom is 0.251 e. The van der Waals surface area contributed by atoms with Crippen molar-refractivity contribution in [2.75, 3.05) is 44.4 Å². The lowest BCUT2D eigenvalue weighted by molar-refractivity contribution is 0.0857. The van der Waals surface area contributed by atoms with Gasteiger partial charge in [-0.15, -0.1) is 0 Å². The zero-order chi connectivity index (χ0) is 20.8. The number of carbonyl (C=O) groups is 1. The molecule has 2 aliphatic heterocycles. The SMILES string of the molecule is Cc1cc(N2CCOCC2)nc(SCc2cccc(C(=O)NC[C@H]3CCCO3)c2)n1. The second-order valence-electron chi connectivity index (χ2n) is 7.58. The molecule has 2 aromatic rings. The molecule has 2 aliphatic rings. The topological polar surface area (TPSA) is 76.6 Å². The first-order valence-corrected chi connectivity index (χ1v) is 11.5. The van der Waals surface area contributed by atoms with Crippen LogP contribution in [0.3, 0.4) is 0 Å². The van der Waals surface area contributed by atoms with Crippen LogP contribution in [0, 0.1) is 6.92 Å². The van der Waals surface area contributed by atoms with E-state index >= 15 is 0 Å². The molecule has 0 saturated carbocycles. The summed E-state index contributed by atoms with van der Waals surface area (Å²) in [7, 11) is 0. The molecule has 0 spiro atoms. The summed E-state index contributed by atoms with van der Waals surface area (Å²) in [6.45, 7) is 6.52. The number of aryl methyl sites for hydroxylation is 1. The first-order chi connectivity index (χ1) is 14.7. The highest BCUT2D eigenvalue weighted by atomic mass is 32.2. The second kappa shape index (κ2) is 10.2. The number of anilines is 1. The molecule has 0 unspecified atom stereocenters. The fourth-order valence-electron chi connectivity index (χ4n) is 3.61. The van der Waals surface area contributed by atoms with Crippen molar-refractivity contribution in [2.45, 2.75) is 36.8 Å². The lowest BCUT2D eigenvalue weighted by Crippen LogP contribution is -2.36. The molecule has 2 fully saturated rings. The Labute approximate surface area is 181 Å². The highest BCUT2D eigenvalue weighted by Gasteiger charge is 2.17. The molecule has 4 rings (SSSR count). The summed E-state index contributed by atoms with van der Waals surface area (Å²) in [5, 5.41) is 3.74. The molecule has 1 aromatic heterocycles. The van der Waals surface area contributed by atoms with Gasteiger partial charge in [0.05, 0.1) is 19.3 Å². The number of hydrogen-bond acceptors (Lipinski definition) is 7. The van der Waals surface area contributed by atoms with Gasteiger partial charge in [0.25, 0.3) is 5.91 Å². The smallest absolute Gasteiger partial charge is 0.251 e. The maximum atomic E-state index is 12.5. The number of nitrogens with one attached hydrogen (secondary N) is 1. The Balaban J connectivity index is 1.36. The first kappa shape index (κ1) is 21.1. The molecule has 3 heterocycles. The van der Waals surface area contributed by atoms with Gasteiger partial charge in [-0.2, -0.15) is 0 Å². The van der Waals surface area contributed by atoms with E-state index in [1.807, 2.05) is 37.3 Å². The van der Waals surface area contributed by atoms with Crippen LogP contribution in [0.4, 0.5) is 5.82 Å². The average molecular weight is 429 g/mol. The van der Waals surface area contributed by atoms with E-state index in [0.717, 1.165) is 68.0 Å². The summed E-state index contributed by atoms with van der Waals surface area (Å²) < 4.78 is 11.0. The van der Waals surface area contributed by atoms with Crippen LogP contribution in [0.5, 0.6) is 0 Å². The molecule has 1 amide bonds. The number of morpholine rings is 1. The fraction of sp³-hybridized carbons (Fsp3) is 0.500. The van der Waals surface area contributed by atoms with Crippen molar-refractivity contribution < 1.29 is 14.3 Å². The molecular weight excluding hydrogens is 400 g/mol. The standard InChI is InChI=1S/C22H28N4O3S/c1-16-12-20(26-7-10-28-11-8-26)25-22(24-16)30-15-17-4-2-5-18(13-17)21(27)23-14-19-6-3-9-29-19/h2,4-5,12-13,19H,3,6-11,14-15H2,1H3,(H,23,27)/t19-/m1/s1. The molecule has 160 valence electrons. The maximum absolute atomic E-state index is 12.5. The highest BCUT2D eigenvalue weighted by molar-refractivity contribution is 7.98. The third-order valence-electron chi connectivity index (χ3n) is 5.23. The van der Waals surface area contributed by atoms with E-state index in [4.69, 9.17) is 14.5 Å². The molecule has 8 heteroatoms. The number of amides is 1. The molecule has 1 atom stereocenters. The lowest BCUT2D eigenvalue weighted by Gasteiger charge is -2.28. The molecule has 0 radical (unpaired) electrons. The summed E-state index contributed by atoms with van der Waals surface area (Å²) in [6, 6.07) is 9.76. The molecule has 1 N–H and O–H groups in total. The van der Waals surface area contributed by atoms with Crippen LogP contribution in [-0.4, -0.2) is 61.4 Å². The van der Waals surface area contributed by atoms with Gasteiger partial charge in [-0.1, -0.05) is 23.9 Å². The Kier molecular flexibility index (Phi) is 7.20. The van der Waals surface area contributed by atoms with Crippen molar-refractivity contribution in [3.63, 3.8) is 0 Å². The first-order valence-electron chi connectivity index (χ1n) is 10.5. The third kappa shape index (κ3) is 5.71. The van der Waals surface area contributed by atoms with Crippen molar-refractivity contribution in [2.24, 2.45) is 0 Å². The monoisotopic (exact) mass is 428 g/mol. The van der Waals surface area contributed by atoms with Crippen molar-refractivity contribution in [3.8, 4) is 0 Å². The summed E-state index contributed by atoms with van der Waals surface area (Å²) in [6.07, 6.45) is 2.23. The Hall–Kier alpha value is -2.16. The minimum absolute atomic E-state index is 0.0567. The number of ether oxygens (including phenoxy) is 2. The molecule has 0 aliphatic carbocycles. The van der Waals surface area contributed by atoms with Gasteiger partial charge in [0.1, 0.15) is 5.82 Å². The van der Waals surface area contributed by atoms with Crippen LogP contribution >= 0.6 is 11.8 Å². The van der Waals surface area contributed by atoms with Gasteiger partial charge in [0, 0.05) is 49.3 Å². The van der Waals surface area contributed by atoms with Crippen LogP contribution in [0.25, 0.3) is 0 Å². The van der Waals surface area contributed by atoms with Crippen LogP contribution < -0.4 is 10.2 Å². The predicted octanol–water partition coefficient (Wildman–Crippen LogP) is 2.82. The predicted molar refractivity (Wildman–Crippen MR) is 117 cm³/mol.